The second kappa shape index (κ2) is 7.79. The Bertz CT molecular complexity index is 1060. The molecular weight excluding hydrogens is 370 g/mol. The number of H-pyrrole nitrogens is 1. The van der Waals surface area contributed by atoms with Gasteiger partial charge in [0.1, 0.15) is 5.75 Å². The quantitative estimate of drug-likeness (QED) is 0.691. The second-order valence-corrected chi connectivity index (χ2v) is 6.82. The fourth-order valence-electron chi connectivity index (χ4n) is 3.72. The maximum absolute atomic E-state index is 13.3. The highest BCUT2D eigenvalue weighted by atomic mass is 16.5. The zero-order valence-electron chi connectivity index (χ0n) is 16.2. The Kier molecular flexibility index (Phi) is 5.03. The predicted molar refractivity (Wildman–Crippen MR) is 106 cm³/mol. The minimum Gasteiger partial charge on any atom is -0.497 e. The molecule has 2 heterocycles. The number of hydrogen-bond donors (Lipinski definition) is 1. The molecule has 1 aliphatic rings. The molecule has 4 rings (SSSR count). The van der Waals surface area contributed by atoms with Crippen molar-refractivity contribution < 1.29 is 19.1 Å². The fraction of sp³-hybridized carbons (Fsp3) is 0.227. The number of methoxy groups -OCH3 is 2. The molecule has 1 amide bonds. The van der Waals surface area contributed by atoms with Gasteiger partial charge in [-0.3, -0.25) is 4.79 Å². The maximum Gasteiger partial charge on any atom is 0.338 e. The van der Waals surface area contributed by atoms with E-state index in [2.05, 4.69) is 9.97 Å². The molecule has 0 bridgehead atoms. The fourth-order valence-corrected chi connectivity index (χ4v) is 3.72. The smallest absolute Gasteiger partial charge is 0.338 e. The molecule has 7 heteroatoms. The number of carbonyl (C=O) groups excluding carboxylic acids is 2. The molecule has 0 saturated carbocycles. The van der Waals surface area contributed by atoms with E-state index in [0.717, 1.165) is 22.7 Å². The van der Waals surface area contributed by atoms with Crippen LogP contribution in [0.4, 0.5) is 0 Å². The highest BCUT2D eigenvalue weighted by molar-refractivity contribution is 6.05. The molecule has 1 N–H and O–H groups in total. The summed E-state index contributed by atoms with van der Waals surface area (Å²) < 4.78 is 10.2. The molecular formula is C22H21N3O4. The summed E-state index contributed by atoms with van der Waals surface area (Å²) in [5, 5.41) is 0. The van der Waals surface area contributed by atoms with Crippen molar-refractivity contribution in [2.45, 2.75) is 12.5 Å². The number of rotatable bonds is 4. The molecule has 1 aliphatic heterocycles. The molecule has 29 heavy (non-hydrogen) atoms. The summed E-state index contributed by atoms with van der Waals surface area (Å²) in [6.45, 7) is 0.837. The van der Waals surface area contributed by atoms with Gasteiger partial charge in [0, 0.05) is 12.5 Å². The van der Waals surface area contributed by atoms with Crippen molar-refractivity contribution in [1.82, 2.24) is 14.9 Å². The zero-order chi connectivity index (χ0) is 20.4. The molecule has 0 radical (unpaired) electrons. The van der Waals surface area contributed by atoms with Crippen molar-refractivity contribution in [2.24, 2.45) is 0 Å². The number of imidazole rings is 1. The number of esters is 1. The Labute approximate surface area is 168 Å². The number of carbonyl (C=O) groups is 2. The topological polar surface area (TPSA) is 84.5 Å². The summed E-state index contributed by atoms with van der Waals surface area (Å²) in [7, 11) is 2.93. The zero-order valence-corrected chi connectivity index (χ0v) is 16.2. The van der Waals surface area contributed by atoms with Gasteiger partial charge in [0.25, 0.3) is 5.91 Å². The van der Waals surface area contributed by atoms with E-state index in [-0.39, 0.29) is 17.4 Å². The van der Waals surface area contributed by atoms with Crippen LogP contribution >= 0.6 is 0 Å². The lowest BCUT2D eigenvalue weighted by molar-refractivity contribution is 0.0587. The first kappa shape index (κ1) is 18.7. The van der Waals surface area contributed by atoms with E-state index in [4.69, 9.17) is 9.47 Å². The van der Waals surface area contributed by atoms with Gasteiger partial charge in [-0.05, 0) is 29.8 Å². The van der Waals surface area contributed by atoms with Crippen molar-refractivity contribution in [3.05, 3.63) is 82.9 Å². The first-order valence-corrected chi connectivity index (χ1v) is 9.25. The molecule has 7 nitrogen and oxygen atoms in total. The van der Waals surface area contributed by atoms with Gasteiger partial charge in [-0.2, -0.15) is 0 Å². The molecule has 3 aromatic rings. The first-order valence-electron chi connectivity index (χ1n) is 9.25. The van der Waals surface area contributed by atoms with Crippen LogP contribution in [0.2, 0.25) is 0 Å². The van der Waals surface area contributed by atoms with Crippen molar-refractivity contribution >= 4 is 11.9 Å². The summed E-state index contributed by atoms with van der Waals surface area (Å²) in [6.07, 6.45) is 1.65. The lowest BCUT2D eigenvalue weighted by Crippen LogP contribution is -2.39. The predicted octanol–water partition coefficient (Wildman–Crippen LogP) is 2.99. The molecule has 2 aromatic carbocycles. The summed E-state index contributed by atoms with van der Waals surface area (Å²) in [5.74, 6) is -0.106. The molecule has 148 valence electrons. The Hall–Kier alpha value is -3.61. The van der Waals surface area contributed by atoms with Gasteiger partial charge in [-0.1, -0.05) is 24.3 Å². The van der Waals surface area contributed by atoms with E-state index in [1.807, 2.05) is 24.3 Å². The van der Waals surface area contributed by atoms with Crippen LogP contribution in [0.5, 0.6) is 5.75 Å². The molecule has 0 saturated heterocycles. The van der Waals surface area contributed by atoms with Crippen molar-refractivity contribution in [2.75, 3.05) is 20.8 Å². The van der Waals surface area contributed by atoms with Crippen LogP contribution in [0, 0.1) is 0 Å². The first-order chi connectivity index (χ1) is 14.1. The summed E-state index contributed by atoms with van der Waals surface area (Å²) in [4.78, 5) is 34.8. The number of fused-ring (bicyclic) bond motifs is 1. The third-order valence-corrected chi connectivity index (χ3v) is 5.18. The van der Waals surface area contributed by atoms with E-state index in [9.17, 15) is 9.59 Å². The highest BCUT2D eigenvalue weighted by Crippen LogP contribution is 2.33. The van der Waals surface area contributed by atoms with Crippen LogP contribution in [0.1, 0.15) is 43.6 Å². The van der Waals surface area contributed by atoms with Crippen LogP contribution in [-0.4, -0.2) is 47.5 Å². The van der Waals surface area contributed by atoms with E-state index >= 15 is 0 Å². The second-order valence-electron chi connectivity index (χ2n) is 6.82. The highest BCUT2D eigenvalue weighted by Gasteiger charge is 2.33. The van der Waals surface area contributed by atoms with Gasteiger partial charge >= 0.3 is 5.97 Å². The van der Waals surface area contributed by atoms with Gasteiger partial charge in [-0.25, -0.2) is 9.78 Å². The lowest BCUT2D eigenvalue weighted by atomic mass is 9.90. The van der Waals surface area contributed by atoms with Crippen LogP contribution < -0.4 is 4.74 Å². The average molecular weight is 391 g/mol. The standard InChI is InChI=1S/C22H21N3O4/c1-28-15-7-5-6-14(10-15)18-11-25(12-19-20(18)24-13-23-19)21(26)16-8-3-4-9-17(16)22(27)29-2/h3-10,13,18H,11-12H2,1-2H3,(H,23,24). The number of aromatic amines is 1. The summed E-state index contributed by atoms with van der Waals surface area (Å²) in [5.41, 5.74) is 3.40. The SMILES string of the molecule is COC(=O)c1ccccc1C(=O)N1Cc2[nH]cnc2C(c2cccc(OC)c2)C1. The van der Waals surface area contributed by atoms with E-state index < -0.39 is 5.97 Å². The number of hydrogen-bond acceptors (Lipinski definition) is 5. The van der Waals surface area contributed by atoms with Gasteiger partial charge in [0.05, 0.1) is 49.6 Å². The monoisotopic (exact) mass is 391 g/mol. The molecule has 1 atom stereocenters. The van der Waals surface area contributed by atoms with Crippen molar-refractivity contribution in [3.63, 3.8) is 0 Å². The van der Waals surface area contributed by atoms with Crippen LogP contribution in [0.25, 0.3) is 0 Å². The Balaban J connectivity index is 1.70. The Morgan fingerprint density at radius 1 is 1.10 bits per heavy atom. The van der Waals surface area contributed by atoms with E-state index in [1.165, 1.54) is 7.11 Å². The van der Waals surface area contributed by atoms with E-state index in [1.54, 1.807) is 42.6 Å². The van der Waals surface area contributed by atoms with Crippen molar-refractivity contribution in [1.29, 1.82) is 0 Å². The van der Waals surface area contributed by atoms with Crippen LogP contribution in [0.3, 0.4) is 0 Å². The van der Waals surface area contributed by atoms with E-state index in [0.29, 0.717) is 18.7 Å². The third-order valence-electron chi connectivity index (χ3n) is 5.18. The van der Waals surface area contributed by atoms with Crippen LogP contribution in [0.15, 0.2) is 54.9 Å². The molecule has 0 spiro atoms. The Morgan fingerprint density at radius 2 is 1.90 bits per heavy atom. The maximum atomic E-state index is 13.3. The number of benzene rings is 2. The molecule has 0 aliphatic carbocycles. The minimum atomic E-state index is -0.530. The minimum absolute atomic E-state index is 0.102. The lowest BCUT2D eigenvalue weighted by Gasteiger charge is -2.32. The summed E-state index contributed by atoms with van der Waals surface area (Å²) in [6, 6.07) is 14.5. The van der Waals surface area contributed by atoms with Gasteiger partial charge < -0.3 is 19.4 Å². The molecule has 1 unspecified atom stereocenters. The number of nitrogens with zero attached hydrogens (tertiary/aromatic N) is 2. The number of amides is 1. The van der Waals surface area contributed by atoms with Gasteiger partial charge in [0.2, 0.25) is 0 Å². The number of nitrogens with one attached hydrogen (secondary N) is 1. The normalized spacial score (nSPS) is 15.5. The van der Waals surface area contributed by atoms with Gasteiger partial charge in [-0.15, -0.1) is 0 Å². The van der Waals surface area contributed by atoms with Crippen molar-refractivity contribution in [3.8, 4) is 5.75 Å². The van der Waals surface area contributed by atoms with Crippen LogP contribution in [-0.2, 0) is 11.3 Å². The third kappa shape index (κ3) is 3.47. The largest absolute Gasteiger partial charge is 0.497 e. The Morgan fingerprint density at radius 3 is 2.66 bits per heavy atom. The molecule has 0 fully saturated rings. The number of aromatic nitrogens is 2. The average Bonchev–Trinajstić information content (AvgIpc) is 3.26. The molecule has 1 aromatic heterocycles. The summed E-state index contributed by atoms with van der Waals surface area (Å²) >= 11 is 0. The van der Waals surface area contributed by atoms with Gasteiger partial charge in [0.15, 0.2) is 0 Å². The number of ether oxygens (including phenoxy) is 2.